The fourth-order valence-corrected chi connectivity index (χ4v) is 2.53. The van der Waals surface area contributed by atoms with Gasteiger partial charge in [-0.05, 0) is 24.6 Å². The number of carbonyl (C=O) groups is 1. The van der Waals surface area contributed by atoms with E-state index >= 15 is 0 Å². The highest BCUT2D eigenvalue weighted by Gasteiger charge is 2.40. The third-order valence-corrected chi connectivity index (χ3v) is 3.81. The van der Waals surface area contributed by atoms with Gasteiger partial charge in [0.25, 0.3) is 0 Å². The maximum atomic E-state index is 13.3. The van der Waals surface area contributed by atoms with Crippen LogP contribution in [0.5, 0.6) is 0 Å². The minimum absolute atomic E-state index is 0.138. The molecule has 1 aliphatic heterocycles. The molecule has 1 atom stereocenters. The summed E-state index contributed by atoms with van der Waals surface area (Å²) >= 11 is 0. The molecular weight excluding hydrogens is 266 g/mol. The number of carboxylic acid groups (broad SMARTS) is 1. The second-order valence-corrected chi connectivity index (χ2v) is 5.24. The monoisotopic (exact) mass is 284 g/mol. The molecule has 1 fully saturated rings. The van der Waals surface area contributed by atoms with E-state index in [1.807, 2.05) is 4.90 Å². The Balaban J connectivity index is 2.23. The van der Waals surface area contributed by atoms with Crippen LogP contribution in [-0.4, -0.2) is 47.7 Å². The van der Waals surface area contributed by atoms with E-state index in [2.05, 4.69) is 5.32 Å². The lowest BCUT2D eigenvalue weighted by atomic mass is 9.90. The molecule has 0 radical (unpaired) electrons. The zero-order chi connectivity index (χ0) is 14.8. The SMILES string of the molecule is CC(Cc1ccc(F)c(F)c1)(C(=O)O)N1CCNCC1. The summed E-state index contributed by atoms with van der Waals surface area (Å²) in [5, 5.41) is 12.7. The van der Waals surface area contributed by atoms with Gasteiger partial charge in [-0.1, -0.05) is 6.07 Å². The molecule has 1 unspecified atom stereocenters. The van der Waals surface area contributed by atoms with E-state index in [-0.39, 0.29) is 6.42 Å². The second kappa shape index (κ2) is 5.85. The standard InChI is InChI=1S/C14H18F2N2O2/c1-14(13(19)20,18-6-4-17-5-7-18)9-10-2-3-11(15)12(16)8-10/h2-3,8,17H,4-7,9H2,1H3,(H,19,20). The van der Waals surface area contributed by atoms with Crippen LogP contribution in [0.2, 0.25) is 0 Å². The minimum Gasteiger partial charge on any atom is -0.480 e. The van der Waals surface area contributed by atoms with Crippen LogP contribution in [0, 0.1) is 11.6 Å². The molecule has 1 saturated heterocycles. The van der Waals surface area contributed by atoms with Gasteiger partial charge in [0.05, 0.1) is 0 Å². The number of hydrogen-bond acceptors (Lipinski definition) is 3. The number of rotatable bonds is 4. The van der Waals surface area contributed by atoms with Crippen LogP contribution in [-0.2, 0) is 11.2 Å². The highest BCUT2D eigenvalue weighted by atomic mass is 19.2. The maximum Gasteiger partial charge on any atom is 0.324 e. The summed E-state index contributed by atoms with van der Waals surface area (Å²) in [6, 6.07) is 3.53. The predicted molar refractivity (Wildman–Crippen MR) is 70.5 cm³/mol. The summed E-state index contributed by atoms with van der Waals surface area (Å²) in [5.74, 6) is -2.83. The van der Waals surface area contributed by atoms with Crippen molar-refractivity contribution < 1.29 is 18.7 Å². The summed E-state index contributed by atoms with van der Waals surface area (Å²) in [6.07, 6.45) is 0.138. The largest absolute Gasteiger partial charge is 0.480 e. The summed E-state index contributed by atoms with van der Waals surface area (Å²) < 4.78 is 26.2. The molecule has 4 nitrogen and oxygen atoms in total. The van der Waals surface area contributed by atoms with Crippen molar-refractivity contribution in [1.82, 2.24) is 10.2 Å². The van der Waals surface area contributed by atoms with Crippen molar-refractivity contribution in [3.8, 4) is 0 Å². The maximum absolute atomic E-state index is 13.3. The number of nitrogens with zero attached hydrogens (tertiary/aromatic N) is 1. The van der Waals surface area contributed by atoms with E-state index in [1.165, 1.54) is 6.07 Å². The average molecular weight is 284 g/mol. The van der Waals surface area contributed by atoms with Gasteiger partial charge in [0, 0.05) is 32.6 Å². The summed E-state index contributed by atoms with van der Waals surface area (Å²) in [7, 11) is 0. The Morgan fingerprint density at radius 1 is 1.35 bits per heavy atom. The Bertz CT molecular complexity index is 504. The molecule has 110 valence electrons. The van der Waals surface area contributed by atoms with Crippen molar-refractivity contribution >= 4 is 5.97 Å². The Hall–Kier alpha value is -1.53. The van der Waals surface area contributed by atoms with Gasteiger partial charge in [-0.25, -0.2) is 8.78 Å². The van der Waals surface area contributed by atoms with Gasteiger partial charge in [-0.15, -0.1) is 0 Å². The number of hydrogen-bond donors (Lipinski definition) is 2. The molecule has 0 aliphatic carbocycles. The van der Waals surface area contributed by atoms with E-state index in [0.717, 1.165) is 25.2 Å². The molecule has 0 saturated carbocycles. The highest BCUT2D eigenvalue weighted by molar-refractivity contribution is 5.78. The van der Waals surface area contributed by atoms with Gasteiger partial charge in [-0.2, -0.15) is 0 Å². The first-order valence-electron chi connectivity index (χ1n) is 6.56. The first kappa shape index (κ1) is 14.9. The molecule has 20 heavy (non-hydrogen) atoms. The fourth-order valence-electron chi connectivity index (χ4n) is 2.53. The number of halogens is 2. The van der Waals surface area contributed by atoms with Crippen LogP contribution in [0.3, 0.4) is 0 Å². The lowest BCUT2D eigenvalue weighted by Gasteiger charge is -2.40. The van der Waals surface area contributed by atoms with Crippen molar-refractivity contribution in [2.24, 2.45) is 0 Å². The van der Waals surface area contributed by atoms with Crippen molar-refractivity contribution in [2.75, 3.05) is 26.2 Å². The van der Waals surface area contributed by atoms with Crippen molar-refractivity contribution in [3.05, 3.63) is 35.4 Å². The molecule has 2 N–H and O–H groups in total. The van der Waals surface area contributed by atoms with Crippen LogP contribution >= 0.6 is 0 Å². The molecule has 1 aromatic carbocycles. The van der Waals surface area contributed by atoms with Gasteiger partial charge in [0.1, 0.15) is 5.54 Å². The summed E-state index contributed by atoms with van der Waals surface area (Å²) in [6.45, 7) is 4.31. The highest BCUT2D eigenvalue weighted by Crippen LogP contribution is 2.23. The Labute approximate surface area is 116 Å². The fraction of sp³-hybridized carbons (Fsp3) is 0.500. The number of carboxylic acids is 1. The number of benzene rings is 1. The summed E-state index contributed by atoms with van der Waals surface area (Å²) in [4.78, 5) is 13.5. The van der Waals surface area contributed by atoms with Gasteiger partial charge < -0.3 is 10.4 Å². The average Bonchev–Trinajstić information content (AvgIpc) is 2.43. The Kier molecular flexibility index (Phi) is 4.35. The van der Waals surface area contributed by atoms with Gasteiger partial charge in [0.2, 0.25) is 0 Å². The van der Waals surface area contributed by atoms with E-state index in [0.29, 0.717) is 18.7 Å². The third kappa shape index (κ3) is 2.96. The lowest BCUT2D eigenvalue weighted by molar-refractivity contribution is -0.151. The third-order valence-electron chi connectivity index (χ3n) is 3.81. The number of aliphatic carboxylic acids is 1. The van der Waals surface area contributed by atoms with E-state index in [1.54, 1.807) is 6.92 Å². The minimum atomic E-state index is -1.12. The number of piperazine rings is 1. The number of nitrogens with one attached hydrogen (secondary N) is 1. The quantitative estimate of drug-likeness (QED) is 0.874. The van der Waals surface area contributed by atoms with Crippen molar-refractivity contribution in [1.29, 1.82) is 0 Å². The lowest BCUT2D eigenvalue weighted by Crippen LogP contribution is -2.59. The smallest absolute Gasteiger partial charge is 0.324 e. The molecule has 1 aromatic rings. The van der Waals surface area contributed by atoms with Crippen LogP contribution in [0.15, 0.2) is 18.2 Å². The summed E-state index contributed by atoms with van der Waals surface area (Å²) in [5.41, 5.74) is -0.640. The van der Waals surface area contributed by atoms with E-state index in [9.17, 15) is 18.7 Å². The Morgan fingerprint density at radius 2 is 2.00 bits per heavy atom. The molecule has 6 heteroatoms. The molecule has 2 rings (SSSR count). The first-order valence-corrected chi connectivity index (χ1v) is 6.56. The topological polar surface area (TPSA) is 52.6 Å². The van der Waals surface area contributed by atoms with Gasteiger partial charge >= 0.3 is 5.97 Å². The van der Waals surface area contributed by atoms with Gasteiger partial charge in [0.15, 0.2) is 11.6 Å². The molecule has 0 aromatic heterocycles. The first-order chi connectivity index (χ1) is 9.43. The molecular formula is C14H18F2N2O2. The Morgan fingerprint density at radius 3 is 2.55 bits per heavy atom. The zero-order valence-corrected chi connectivity index (χ0v) is 11.3. The van der Waals surface area contributed by atoms with Crippen LogP contribution in [0.25, 0.3) is 0 Å². The van der Waals surface area contributed by atoms with E-state index < -0.39 is 23.1 Å². The predicted octanol–water partition coefficient (Wildman–Crippen LogP) is 1.26. The van der Waals surface area contributed by atoms with Crippen LogP contribution in [0.4, 0.5) is 8.78 Å². The van der Waals surface area contributed by atoms with Gasteiger partial charge in [-0.3, -0.25) is 9.69 Å². The van der Waals surface area contributed by atoms with Crippen LogP contribution in [0.1, 0.15) is 12.5 Å². The molecule has 1 aliphatic rings. The molecule has 1 heterocycles. The molecule has 0 bridgehead atoms. The normalized spacial score (nSPS) is 19.6. The molecule has 0 amide bonds. The van der Waals surface area contributed by atoms with Crippen LogP contribution < -0.4 is 5.32 Å². The second-order valence-electron chi connectivity index (χ2n) is 5.24. The zero-order valence-electron chi connectivity index (χ0n) is 11.3. The van der Waals surface area contributed by atoms with E-state index in [4.69, 9.17) is 0 Å². The molecule has 0 spiro atoms. The van der Waals surface area contributed by atoms with Crippen molar-refractivity contribution in [3.63, 3.8) is 0 Å². The van der Waals surface area contributed by atoms with Crippen molar-refractivity contribution in [2.45, 2.75) is 18.9 Å².